The van der Waals surface area contributed by atoms with Gasteiger partial charge in [0.15, 0.2) is 7.28 Å². The van der Waals surface area contributed by atoms with Crippen molar-refractivity contribution in [2.45, 2.75) is 97.1 Å². The fraction of sp³-hybridized carbons (Fsp3) is 0.207. The van der Waals surface area contributed by atoms with E-state index in [1.54, 1.807) is 0 Å². The third-order valence-electron chi connectivity index (χ3n) is 15.4. The molecule has 0 saturated heterocycles. The number of nitrogens with zero attached hydrogens (tertiary/aromatic N) is 1. The minimum atomic E-state index is -0.194. The number of anilines is 2. The molecule has 4 aliphatic rings. The third kappa shape index (κ3) is 5.36. The molecule has 0 atom stereocenters. The van der Waals surface area contributed by atoms with Gasteiger partial charge in [-0.05, 0) is 140 Å². The molecule has 9 aromatic rings. The number of para-hydroxylation sites is 1. The number of hydrogen-bond acceptors (Lipinski definition) is 3. The summed E-state index contributed by atoms with van der Waals surface area (Å²) in [5.74, 6) is 0. The predicted molar refractivity (Wildman–Crippen MR) is 272 cm³/mol. The lowest BCUT2D eigenvalue weighted by molar-refractivity contribution is 0.332. The summed E-state index contributed by atoms with van der Waals surface area (Å²) in [6, 6.07) is 51.5. The molecule has 0 unspecified atom stereocenters. The molecule has 63 heavy (non-hydrogen) atoms. The Morgan fingerprint density at radius 2 is 1.21 bits per heavy atom. The van der Waals surface area contributed by atoms with Gasteiger partial charge in [-0.2, -0.15) is 0 Å². The molecule has 0 saturated carbocycles. The molecule has 1 aromatic heterocycles. The number of aryl methyl sites for hydroxylation is 1. The lowest BCUT2D eigenvalue weighted by Crippen LogP contribution is -2.38. The minimum Gasteiger partial charge on any atom is -0.355 e. The molecule has 13 rings (SSSR count). The zero-order valence-electron chi connectivity index (χ0n) is 37.1. The topological polar surface area (TPSA) is 17.0 Å². The summed E-state index contributed by atoms with van der Waals surface area (Å²) >= 11 is 3.82. The zero-order valence-corrected chi connectivity index (χ0v) is 38.7. The van der Waals surface area contributed by atoms with E-state index in [0.717, 1.165) is 7.28 Å². The van der Waals surface area contributed by atoms with Crippen molar-refractivity contribution >= 4 is 85.7 Å². The summed E-state index contributed by atoms with van der Waals surface area (Å²) in [5, 5.41) is 9.44. The molecule has 2 nitrogen and oxygen atoms in total. The van der Waals surface area contributed by atoms with Crippen LogP contribution in [-0.2, 0) is 16.2 Å². The van der Waals surface area contributed by atoms with Crippen LogP contribution in [0.15, 0.2) is 153 Å². The average Bonchev–Trinajstić information content (AvgIpc) is 3.72. The SMILES string of the molecule is Cc1cc2c(cc1Nc1cc3c(cc1-c1c4c(cc5c1-c1ccccc1C5(C)C)-n1c5cc6ccccc6cc5c5cccc(c51)B4)Sc1ccccc1S3)C(C)(C)CCC2(C)C. The standard InChI is InChI=1S/C58H49BN2S2/c1-32-25-40-41(57(4,5)24-23-56(40,2)3)29-44(32)60-45-31-51-50(62-48-21-12-13-22-49(48)63-51)28-38(45)53-52-36-17-10-11-19-39(36)58(6,7)42(52)30-47-54(53)59-43-20-14-18-35-37-26-33-15-8-9-16-34(33)27-46(37)61(47)55(35)43/h8-22,25-31,59-60H,23-24H2,1-7H3. The van der Waals surface area contributed by atoms with E-state index < -0.39 is 0 Å². The fourth-order valence-corrected chi connectivity index (χ4v) is 14.1. The number of fused-ring (bicyclic) bond motifs is 12. The number of hydrogen-bond donors (Lipinski definition) is 1. The maximum absolute atomic E-state index is 4.23. The van der Waals surface area contributed by atoms with Gasteiger partial charge in [0, 0.05) is 63.9 Å². The van der Waals surface area contributed by atoms with Gasteiger partial charge in [-0.25, -0.2) is 0 Å². The molecule has 5 heteroatoms. The third-order valence-corrected chi connectivity index (χ3v) is 17.9. The predicted octanol–water partition coefficient (Wildman–Crippen LogP) is 14.6. The highest BCUT2D eigenvalue weighted by Gasteiger charge is 2.42. The zero-order chi connectivity index (χ0) is 42.7. The van der Waals surface area contributed by atoms with Gasteiger partial charge in [0.25, 0.3) is 0 Å². The van der Waals surface area contributed by atoms with E-state index >= 15 is 0 Å². The maximum Gasteiger partial charge on any atom is 0.198 e. The van der Waals surface area contributed by atoms with Crippen molar-refractivity contribution in [3.8, 4) is 27.9 Å². The highest BCUT2D eigenvalue weighted by atomic mass is 32.2. The Hall–Kier alpha value is -5.62. The molecule has 0 spiro atoms. The normalized spacial score (nSPS) is 16.7. The van der Waals surface area contributed by atoms with Crippen LogP contribution in [0, 0.1) is 6.92 Å². The van der Waals surface area contributed by atoms with E-state index in [4.69, 9.17) is 0 Å². The first-order chi connectivity index (χ1) is 30.4. The fourth-order valence-electron chi connectivity index (χ4n) is 11.8. The average molecular weight is 849 g/mol. The Morgan fingerprint density at radius 3 is 1.97 bits per heavy atom. The van der Waals surface area contributed by atoms with E-state index in [1.165, 1.54) is 143 Å². The first-order valence-corrected chi connectivity index (χ1v) is 24.3. The first kappa shape index (κ1) is 37.9. The number of benzene rings is 8. The summed E-state index contributed by atoms with van der Waals surface area (Å²) < 4.78 is 2.64. The van der Waals surface area contributed by atoms with Crippen molar-refractivity contribution in [1.82, 2.24) is 4.57 Å². The molecule has 306 valence electrons. The van der Waals surface area contributed by atoms with Crippen molar-refractivity contribution in [3.63, 3.8) is 0 Å². The van der Waals surface area contributed by atoms with Crippen LogP contribution < -0.4 is 16.2 Å². The smallest absolute Gasteiger partial charge is 0.198 e. The van der Waals surface area contributed by atoms with Crippen molar-refractivity contribution in [2.24, 2.45) is 0 Å². The van der Waals surface area contributed by atoms with Crippen molar-refractivity contribution in [3.05, 3.63) is 161 Å². The molecule has 1 N–H and O–H groups in total. The van der Waals surface area contributed by atoms with Gasteiger partial charge in [-0.15, -0.1) is 0 Å². The van der Waals surface area contributed by atoms with E-state index in [2.05, 4.69) is 192 Å². The monoisotopic (exact) mass is 848 g/mol. The van der Waals surface area contributed by atoms with Crippen molar-refractivity contribution in [2.75, 3.05) is 5.32 Å². The lowest BCUT2D eigenvalue weighted by Gasteiger charge is -2.42. The Morgan fingerprint density at radius 1 is 0.540 bits per heavy atom. The van der Waals surface area contributed by atoms with Gasteiger partial charge in [-0.3, -0.25) is 0 Å². The summed E-state index contributed by atoms with van der Waals surface area (Å²) in [7, 11) is 0.857. The van der Waals surface area contributed by atoms with Crippen LogP contribution in [0.2, 0.25) is 0 Å². The van der Waals surface area contributed by atoms with E-state index in [1.807, 2.05) is 23.5 Å². The number of nitrogens with one attached hydrogen (secondary N) is 1. The Balaban J connectivity index is 1.13. The van der Waals surface area contributed by atoms with Crippen LogP contribution in [0.4, 0.5) is 11.4 Å². The second-order valence-corrected chi connectivity index (χ2v) is 22.7. The highest BCUT2D eigenvalue weighted by Crippen LogP contribution is 2.57. The second-order valence-electron chi connectivity index (χ2n) is 20.5. The van der Waals surface area contributed by atoms with Crippen LogP contribution in [0.1, 0.15) is 82.2 Å². The van der Waals surface area contributed by atoms with Gasteiger partial charge in [-0.1, -0.05) is 155 Å². The lowest BCUT2D eigenvalue weighted by atomic mass is 9.58. The summed E-state index contributed by atoms with van der Waals surface area (Å²) in [6.07, 6.45) is 2.39. The minimum absolute atomic E-state index is 0.0993. The molecule has 2 aliphatic heterocycles. The molecule has 2 aliphatic carbocycles. The molecule has 0 radical (unpaired) electrons. The molecule has 0 fully saturated rings. The number of rotatable bonds is 3. The summed E-state index contributed by atoms with van der Waals surface area (Å²) in [5.41, 5.74) is 21.6. The Bertz CT molecular complexity index is 3510. The van der Waals surface area contributed by atoms with E-state index in [-0.39, 0.29) is 16.2 Å². The van der Waals surface area contributed by atoms with Gasteiger partial charge in [0.1, 0.15) is 0 Å². The maximum atomic E-state index is 4.23. The summed E-state index contributed by atoms with van der Waals surface area (Å²) in [4.78, 5) is 5.27. The molecule has 8 aromatic carbocycles. The van der Waals surface area contributed by atoms with Crippen LogP contribution in [0.5, 0.6) is 0 Å². The molecule has 0 bridgehead atoms. The van der Waals surface area contributed by atoms with Crippen LogP contribution in [0.3, 0.4) is 0 Å². The van der Waals surface area contributed by atoms with E-state index in [9.17, 15) is 0 Å². The molecule has 0 amide bonds. The molecular formula is C58H49BN2S2. The molecular weight excluding hydrogens is 800 g/mol. The first-order valence-electron chi connectivity index (χ1n) is 22.7. The van der Waals surface area contributed by atoms with Gasteiger partial charge < -0.3 is 9.88 Å². The van der Waals surface area contributed by atoms with Crippen LogP contribution in [-0.4, -0.2) is 11.8 Å². The largest absolute Gasteiger partial charge is 0.355 e. The Kier molecular flexibility index (Phi) is 7.81. The van der Waals surface area contributed by atoms with Crippen molar-refractivity contribution in [1.29, 1.82) is 0 Å². The quantitative estimate of drug-likeness (QED) is 0.179. The number of aromatic nitrogens is 1. The highest BCUT2D eigenvalue weighted by molar-refractivity contribution is 8.05. The summed E-state index contributed by atoms with van der Waals surface area (Å²) in [6.45, 7) is 16.9. The van der Waals surface area contributed by atoms with Gasteiger partial charge >= 0.3 is 0 Å². The molecule has 3 heterocycles. The Labute approximate surface area is 379 Å². The second kappa shape index (κ2) is 13.0. The van der Waals surface area contributed by atoms with Crippen molar-refractivity contribution < 1.29 is 0 Å². The van der Waals surface area contributed by atoms with Crippen LogP contribution >= 0.6 is 23.5 Å². The van der Waals surface area contributed by atoms with Gasteiger partial charge in [0.2, 0.25) is 0 Å². The van der Waals surface area contributed by atoms with E-state index in [0.29, 0.717) is 0 Å². The van der Waals surface area contributed by atoms with Crippen LogP contribution in [0.25, 0.3) is 60.5 Å². The van der Waals surface area contributed by atoms with Gasteiger partial charge in [0.05, 0.1) is 5.52 Å².